The Morgan fingerprint density at radius 2 is 1.66 bits per heavy atom. The van der Waals surface area contributed by atoms with E-state index in [0.29, 0.717) is 68.9 Å². The summed E-state index contributed by atoms with van der Waals surface area (Å²) in [5.41, 5.74) is 0.659. The van der Waals surface area contributed by atoms with Crippen molar-refractivity contribution in [1.29, 1.82) is 0 Å². The fraction of sp³-hybridized carbons (Fsp3) is 0.350. The van der Waals surface area contributed by atoms with Crippen LogP contribution in [0.4, 0.5) is 4.39 Å². The van der Waals surface area contributed by atoms with Crippen molar-refractivity contribution in [3.05, 3.63) is 54.1 Å². The number of rotatable bonds is 5. The predicted molar refractivity (Wildman–Crippen MR) is 111 cm³/mol. The summed E-state index contributed by atoms with van der Waals surface area (Å²) >= 11 is 0. The van der Waals surface area contributed by atoms with Crippen molar-refractivity contribution in [1.82, 2.24) is 29.4 Å². The first-order chi connectivity index (χ1) is 15.5. The van der Waals surface area contributed by atoms with Crippen LogP contribution in [-0.2, 0) is 16.6 Å². The molecule has 3 aromatic rings. The highest BCUT2D eigenvalue weighted by Crippen LogP contribution is 2.33. The molecule has 2 aliphatic rings. The van der Waals surface area contributed by atoms with Gasteiger partial charge in [-0.3, -0.25) is 4.90 Å². The number of halogens is 1. The lowest BCUT2D eigenvalue weighted by Crippen LogP contribution is -2.48. The molecule has 0 spiro atoms. The maximum Gasteiger partial charge on any atom is 0.243 e. The Balaban J connectivity index is 1.25. The molecule has 1 saturated heterocycles. The van der Waals surface area contributed by atoms with Crippen LogP contribution in [0.25, 0.3) is 5.69 Å². The smallest absolute Gasteiger partial charge is 0.243 e. The third-order valence-corrected chi connectivity index (χ3v) is 7.35. The van der Waals surface area contributed by atoms with Crippen LogP contribution in [0.1, 0.15) is 5.82 Å². The molecule has 0 atom stereocenters. The van der Waals surface area contributed by atoms with Crippen molar-refractivity contribution in [3.8, 4) is 17.2 Å². The number of hydrogen-bond donors (Lipinski definition) is 0. The molecule has 0 bridgehead atoms. The molecule has 32 heavy (non-hydrogen) atoms. The summed E-state index contributed by atoms with van der Waals surface area (Å²) in [4.78, 5) is 2.28. The van der Waals surface area contributed by atoms with E-state index in [0.717, 1.165) is 0 Å². The van der Waals surface area contributed by atoms with Crippen LogP contribution in [0, 0.1) is 5.82 Å². The highest BCUT2D eigenvalue weighted by molar-refractivity contribution is 7.89. The van der Waals surface area contributed by atoms with Gasteiger partial charge in [0.25, 0.3) is 0 Å². The van der Waals surface area contributed by atoms with Crippen LogP contribution in [0.2, 0.25) is 0 Å². The van der Waals surface area contributed by atoms with Crippen molar-refractivity contribution in [2.24, 2.45) is 0 Å². The summed E-state index contributed by atoms with van der Waals surface area (Å²) in [7, 11) is -3.65. The second kappa shape index (κ2) is 8.45. The van der Waals surface area contributed by atoms with Gasteiger partial charge in [-0.2, -0.15) is 8.99 Å². The number of aromatic nitrogens is 4. The predicted octanol–water partition coefficient (Wildman–Crippen LogP) is 1.08. The second-order valence-corrected chi connectivity index (χ2v) is 9.41. The van der Waals surface area contributed by atoms with Gasteiger partial charge in [0.1, 0.15) is 19.0 Å². The number of nitrogens with zero attached hydrogens (tertiary/aromatic N) is 6. The molecule has 0 N–H and O–H groups in total. The number of sulfonamides is 1. The largest absolute Gasteiger partial charge is 0.486 e. The molecular formula is C20H21FN6O4S. The quantitative estimate of drug-likeness (QED) is 0.557. The van der Waals surface area contributed by atoms with Gasteiger partial charge in [0.15, 0.2) is 17.3 Å². The monoisotopic (exact) mass is 460 g/mol. The average molecular weight is 460 g/mol. The van der Waals surface area contributed by atoms with Crippen LogP contribution in [0.15, 0.2) is 47.4 Å². The molecule has 2 aromatic carbocycles. The zero-order valence-electron chi connectivity index (χ0n) is 17.1. The summed E-state index contributed by atoms with van der Waals surface area (Å²) in [6, 6.07) is 10.6. The molecule has 168 valence electrons. The molecule has 1 fully saturated rings. The van der Waals surface area contributed by atoms with Crippen molar-refractivity contribution < 1.29 is 22.3 Å². The van der Waals surface area contributed by atoms with Crippen LogP contribution < -0.4 is 9.47 Å². The molecule has 0 unspecified atom stereocenters. The molecule has 5 rings (SSSR count). The van der Waals surface area contributed by atoms with E-state index in [-0.39, 0.29) is 10.7 Å². The van der Waals surface area contributed by atoms with E-state index in [1.807, 2.05) is 0 Å². The van der Waals surface area contributed by atoms with Crippen molar-refractivity contribution in [2.45, 2.75) is 11.4 Å². The number of hydrogen-bond acceptors (Lipinski definition) is 8. The summed E-state index contributed by atoms with van der Waals surface area (Å²) in [6.45, 7) is 3.03. The van der Waals surface area contributed by atoms with E-state index >= 15 is 0 Å². The van der Waals surface area contributed by atoms with Gasteiger partial charge in [0.05, 0.1) is 17.1 Å². The minimum atomic E-state index is -3.65. The van der Waals surface area contributed by atoms with E-state index in [4.69, 9.17) is 9.47 Å². The fourth-order valence-electron chi connectivity index (χ4n) is 3.75. The summed E-state index contributed by atoms with van der Waals surface area (Å²) in [6.07, 6.45) is 0. The first kappa shape index (κ1) is 20.8. The summed E-state index contributed by atoms with van der Waals surface area (Å²) in [5, 5.41) is 11.8. The molecule has 2 aliphatic heterocycles. The van der Waals surface area contributed by atoms with E-state index in [1.54, 1.807) is 28.9 Å². The van der Waals surface area contributed by atoms with Gasteiger partial charge in [-0.15, -0.1) is 5.10 Å². The zero-order valence-corrected chi connectivity index (χ0v) is 17.9. The van der Waals surface area contributed by atoms with Crippen molar-refractivity contribution >= 4 is 10.0 Å². The molecule has 0 radical (unpaired) electrons. The number of fused-ring (bicyclic) bond motifs is 1. The highest BCUT2D eigenvalue weighted by atomic mass is 32.2. The Morgan fingerprint density at radius 1 is 0.938 bits per heavy atom. The van der Waals surface area contributed by atoms with E-state index in [9.17, 15) is 12.8 Å². The molecule has 0 saturated carbocycles. The molecule has 1 aromatic heterocycles. The van der Waals surface area contributed by atoms with Gasteiger partial charge in [-0.1, -0.05) is 0 Å². The topological polar surface area (TPSA) is 103 Å². The normalized spacial score (nSPS) is 17.4. The lowest BCUT2D eigenvalue weighted by Gasteiger charge is -2.33. The van der Waals surface area contributed by atoms with Gasteiger partial charge < -0.3 is 9.47 Å². The van der Waals surface area contributed by atoms with Crippen molar-refractivity contribution in [3.63, 3.8) is 0 Å². The third-order valence-electron chi connectivity index (χ3n) is 5.45. The minimum Gasteiger partial charge on any atom is -0.486 e. The van der Waals surface area contributed by atoms with E-state index < -0.39 is 10.0 Å². The number of piperazine rings is 1. The zero-order chi connectivity index (χ0) is 22.1. The van der Waals surface area contributed by atoms with Crippen molar-refractivity contribution in [2.75, 3.05) is 39.4 Å². The summed E-state index contributed by atoms with van der Waals surface area (Å²) < 4.78 is 53.4. The molecule has 0 aliphatic carbocycles. The molecule has 12 heteroatoms. The summed E-state index contributed by atoms with van der Waals surface area (Å²) in [5.74, 6) is 1.26. The molecule has 3 heterocycles. The van der Waals surface area contributed by atoms with Gasteiger partial charge in [-0.25, -0.2) is 12.8 Å². The van der Waals surface area contributed by atoms with E-state index in [1.165, 1.54) is 22.5 Å². The fourth-order valence-corrected chi connectivity index (χ4v) is 5.19. The molecular weight excluding hydrogens is 439 g/mol. The van der Waals surface area contributed by atoms with Gasteiger partial charge >= 0.3 is 0 Å². The van der Waals surface area contributed by atoms with Gasteiger partial charge in [0.2, 0.25) is 10.0 Å². The number of benzene rings is 2. The Bertz CT molecular complexity index is 1210. The van der Waals surface area contributed by atoms with Crippen LogP contribution in [0.5, 0.6) is 11.5 Å². The molecule has 0 amide bonds. The third kappa shape index (κ3) is 4.04. The highest BCUT2D eigenvalue weighted by Gasteiger charge is 2.30. The number of ether oxygens (including phenoxy) is 2. The maximum absolute atomic E-state index is 13.2. The lowest BCUT2D eigenvalue weighted by molar-refractivity contribution is 0.170. The standard InChI is InChI=1S/C20H21FN6O4S/c21-15-1-3-16(4-2-15)27-20(22-23-24-27)14-25-7-9-26(10-8-25)32(28,29)17-5-6-18-19(13-17)31-12-11-30-18/h1-6,13H,7-12,14H2. The van der Waals surface area contributed by atoms with Gasteiger partial charge in [0, 0.05) is 32.2 Å². The number of tetrazole rings is 1. The van der Waals surface area contributed by atoms with E-state index in [2.05, 4.69) is 20.4 Å². The lowest BCUT2D eigenvalue weighted by atomic mass is 10.3. The Hall–Kier alpha value is -3.09. The van der Waals surface area contributed by atoms with Crippen LogP contribution >= 0.6 is 0 Å². The van der Waals surface area contributed by atoms with Crippen LogP contribution in [-0.4, -0.2) is 77.2 Å². The Kier molecular flexibility index (Phi) is 5.49. The molecule has 10 nitrogen and oxygen atoms in total. The Labute approximate surface area is 184 Å². The van der Waals surface area contributed by atoms with Crippen LogP contribution in [0.3, 0.4) is 0 Å². The first-order valence-electron chi connectivity index (χ1n) is 10.2. The first-order valence-corrected chi connectivity index (χ1v) is 11.6. The SMILES string of the molecule is O=S(=O)(c1ccc2c(c1)OCCO2)N1CCN(Cc2nnnn2-c2ccc(F)cc2)CC1. The Morgan fingerprint density at radius 3 is 2.41 bits per heavy atom. The van der Waals surface area contributed by atoms with Gasteiger partial charge in [-0.05, 0) is 46.8 Å². The second-order valence-electron chi connectivity index (χ2n) is 7.47. The minimum absolute atomic E-state index is 0.190. The maximum atomic E-state index is 13.2. The average Bonchev–Trinajstić information content (AvgIpc) is 3.27.